The van der Waals surface area contributed by atoms with E-state index in [2.05, 4.69) is 25.8 Å². The molecule has 7 nitrogen and oxygen atoms in total. The molecule has 202 valence electrons. The average molecular weight is 548 g/mol. The summed E-state index contributed by atoms with van der Waals surface area (Å²) < 4.78 is 22.4. The molecule has 1 atom stereocenters. The predicted molar refractivity (Wildman–Crippen MR) is 151 cm³/mol. The van der Waals surface area contributed by atoms with Gasteiger partial charge in [-0.3, -0.25) is 14.7 Å². The van der Waals surface area contributed by atoms with E-state index in [0.717, 1.165) is 50.0 Å². The molecule has 3 aromatic heterocycles. The van der Waals surface area contributed by atoms with Crippen molar-refractivity contribution in [3.8, 4) is 5.88 Å². The summed E-state index contributed by atoms with van der Waals surface area (Å²) in [6, 6.07) is 11.5. The molecule has 1 saturated carbocycles. The Bertz CT molecular complexity index is 1540. The molecule has 4 heterocycles. The second-order valence-corrected chi connectivity index (χ2v) is 10.9. The number of methoxy groups -OCH3 is 1. The number of ether oxygens (including phenoxy) is 1. The van der Waals surface area contributed by atoms with E-state index in [1.807, 2.05) is 35.2 Å². The van der Waals surface area contributed by atoms with Gasteiger partial charge in [0, 0.05) is 73.9 Å². The van der Waals surface area contributed by atoms with E-state index in [4.69, 9.17) is 16.3 Å². The molecule has 4 aromatic rings. The van der Waals surface area contributed by atoms with Gasteiger partial charge in [0.2, 0.25) is 5.88 Å². The van der Waals surface area contributed by atoms with E-state index < -0.39 is 5.82 Å². The van der Waals surface area contributed by atoms with Crippen molar-refractivity contribution in [2.45, 2.75) is 50.9 Å². The van der Waals surface area contributed by atoms with Crippen LogP contribution in [0.5, 0.6) is 5.88 Å². The number of rotatable bonds is 8. The van der Waals surface area contributed by atoms with Crippen LogP contribution in [0.25, 0.3) is 10.9 Å². The van der Waals surface area contributed by atoms with Crippen LogP contribution < -0.4 is 15.1 Å². The molecule has 0 spiro atoms. The van der Waals surface area contributed by atoms with Gasteiger partial charge in [0.15, 0.2) is 11.2 Å². The van der Waals surface area contributed by atoms with Crippen LogP contribution >= 0.6 is 11.6 Å². The minimum absolute atomic E-state index is 0.0370. The lowest BCUT2D eigenvalue weighted by Gasteiger charge is -2.40. The maximum atomic E-state index is 15.1. The zero-order chi connectivity index (χ0) is 26.9. The first-order valence-electron chi connectivity index (χ1n) is 13.4. The lowest BCUT2D eigenvalue weighted by atomic mass is 10.0. The molecule has 0 N–H and O–H groups in total. The smallest absolute Gasteiger partial charge is 0.213 e. The van der Waals surface area contributed by atoms with E-state index in [-0.39, 0.29) is 22.5 Å². The Morgan fingerprint density at radius 3 is 2.79 bits per heavy atom. The first-order chi connectivity index (χ1) is 19.0. The lowest BCUT2D eigenvalue weighted by Crippen LogP contribution is -2.48. The number of hydrogen-bond acceptors (Lipinski definition) is 6. The maximum absolute atomic E-state index is 15.1. The molecule has 1 aromatic carbocycles. The zero-order valence-corrected chi connectivity index (χ0v) is 22.6. The van der Waals surface area contributed by atoms with Gasteiger partial charge in [-0.15, -0.1) is 0 Å². The summed E-state index contributed by atoms with van der Waals surface area (Å²) in [5, 5.41) is 0.419. The maximum Gasteiger partial charge on any atom is 0.213 e. The van der Waals surface area contributed by atoms with Crippen LogP contribution in [0, 0.1) is 5.82 Å². The fourth-order valence-corrected chi connectivity index (χ4v) is 5.80. The topological polar surface area (TPSA) is 63.5 Å². The van der Waals surface area contributed by atoms with E-state index >= 15 is 4.39 Å². The Morgan fingerprint density at radius 2 is 2.03 bits per heavy atom. The molecular weight excluding hydrogens is 517 g/mol. The van der Waals surface area contributed by atoms with Crippen molar-refractivity contribution in [3.05, 3.63) is 93.4 Å². The van der Waals surface area contributed by atoms with Gasteiger partial charge in [-0.25, -0.2) is 9.37 Å². The predicted octanol–water partition coefficient (Wildman–Crippen LogP) is 5.60. The molecule has 0 radical (unpaired) electrons. The SMILES string of the molecule is COc1cc(CN(Cc2cn(C3CC3)c3c(F)c(Cl)ccc3c2=O)[C@H]2CCCN(c3cccnc3)C2)ccn1. The van der Waals surface area contributed by atoms with Crippen LogP contribution in [-0.4, -0.2) is 45.7 Å². The molecule has 9 heteroatoms. The van der Waals surface area contributed by atoms with Crippen LogP contribution in [-0.2, 0) is 13.1 Å². The number of pyridine rings is 3. The first-order valence-corrected chi connectivity index (χ1v) is 13.8. The van der Waals surface area contributed by atoms with Gasteiger partial charge in [0.05, 0.1) is 29.5 Å². The van der Waals surface area contributed by atoms with E-state index in [9.17, 15) is 4.79 Å². The van der Waals surface area contributed by atoms with Crippen molar-refractivity contribution in [1.82, 2.24) is 19.4 Å². The summed E-state index contributed by atoms with van der Waals surface area (Å²) in [6.45, 7) is 2.86. The summed E-state index contributed by atoms with van der Waals surface area (Å²) in [7, 11) is 1.61. The molecule has 0 bridgehead atoms. The van der Waals surface area contributed by atoms with Crippen LogP contribution in [0.4, 0.5) is 10.1 Å². The molecule has 1 aliphatic carbocycles. The third kappa shape index (κ3) is 5.36. The number of anilines is 1. The number of fused-ring (bicyclic) bond motifs is 1. The Labute approximate surface area is 231 Å². The summed E-state index contributed by atoms with van der Waals surface area (Å²) in [5.74, 6) is 0.0343. The van der Waals surface area contributed by atoms with E-state index in [0.29, 0.717) is 35.4 Å². The number of benzene rings is 1. The minimum atomic E-state index is -0.523. The normalized spacial score (nSPS) is 17.6. The summed E-state index contributed by atoms with van der Waals surface area (Å²) in [6.07, 6.45) is 11.3. The average Bonchev–Trinajstić information content (AvgIpc) is 3.82. The fourth-order valence-electron chi connectivity index (χ4n) is 5.65. The highest BCUT2D eigenvalue weighted by atomic mass is 35.5. The highest BCUT2D eigenvalue weighted by Gasteiger charge is 2.30. The Morgan fingerprint density at radius 1 is 1.15 bits per heavy atom. The Hall–Kier alpha value is -3.49. The quantitative estimate of drug-likeness (QED) is 0.286. The van der Waals surface area contributed by atoms with Crippen LogP contribution in [0.15, 0.2) is 66.0 Å². The molecule has 39 heavy (non-hydrogen) atoms. The zero-order valence-electron chi connectivity index (χ0n) is 21.9. The van der Waals surface area contributed by atoms with Gasteiger partial charge < -0.3 is 14.2 Å². The fraction of sp³-hybridized carbons (Fsp3) is 0.367. The third-order valence-corrected chi connectivity index (χ3v) is 8.08. The van der Waals surface area contributed by atoms with Crippen LogP contribution in [0.3, 0.4) is 0 Å². The van der Waals surface area contributed by atoms with Crippen molar-refractivity contribution in [1.29, 1.82) is 0 Å². The molecule has 6 rings (SSSR count). The second-order valence-electron chi connectivity index (χ2n) is 10.4. The number of halogens is 2. The molecule has 0 unspecified atom stereocenters. The van der Waals surface area contributed by atoms with Crippen LogP contribution in [0.1, 0.15) is 42.9 Å². The van der Waals surface area contributed by atoms with E-state index in [1.54, 1.807) is 25.6 Å². The first kappa shape index (κ1) is 25.8. The molecule has 1 saturated heterocycles. The number of piperidine rings is 1. The summed E-state index contributed by atoms with van der Waals surface area (Å²) in [4.78, 5) is 27.0. The third-order valence-electron chi connectivity index (χ3n) is 7.79. The minimum Gasteiger partial charge on any atom is -0.481 e. The lowest BCUT2D eigenvalue weighted by molar-refractivity contribution is 0.158. The highest BCUT2D eigenvalue weighted by Crippen LogP contribution is 2.38. The van der Waals surface area contributed by atoms with Gasteiger partial charge in [-0.05, 0) is 61.6 Å². The van der Waals surface area contributed by atoms with Crippen molar-refractivity contribution in [2.75, 3.05) is 25.1 Å². The molecule has 0 amide bonds. The van der Waals surface area contributed by atoms with Crippen molar-refractivity contribution < 1.29 is 9.13 Å². The van der Waals surface area contributed by atoms with Crippen molar-refractivity contribution in [2.24, 2.45) is 0 Å². The number of hydrogen-bond donors (Lipinski definition) is 0. The van der Waals surface area contributed by atoms with Crippen LogP contribution in [0.2, 0.25) is 5.02 Å². The Balaban J connectivity index is 1.38. The largest absolute Gasteiger partial charge is 0.481 e. The van der Waals surface area contributed by atoms with Crippen molar-refractivity contribution in [3.63, 3.8) is 0 Å². The Kier molecular flexibility index (Phi) is 7.23. The molecule has 2 aliphatic rings. The summed E-state index contributed by atoms with van der Waals surface area (Å²) >= 11 is 6.12. The summed E-state index contributed by atoms with van der Waals surface area (Å²) in [5.41, 5.74) is 2.98. The van der Waals surface area contributed by atoms with E-state index in [1.165, 1.54) is 6.07 Å². The monoisotopic (exact) mass is 547 g/mol. The van der Waals surface area contributed by atoms with Gasteiger partial charge in [0.25, 0.3) is 0 Å². The molecular formula is C30H31ClFN5O2. The number of nitrogens with zero attached hydrogens (tertiary/aromatic N) is 5. The number of aromatic nitrogens is 3. The molecule has 2 fully saturated rings. The van der Waals surface area contributed by atoms with Gasteiger partial charge in [-0.1, -0.05) is 11.6 Å². The van der Waals surface area contributed by atoms with Gasteiger partial charge in [0.1, 0.15) is 0 Å². The van der Waals surface area contributed by atoms with Gasteiger partial charge in [-0.2, -0.15) is 0 Å². The molecule has 1 aliphatic heterocycles. The highest BCUT2D eigenvalue weighted by molar-refractivity contribution is 6.31. The standard InChI is InChI=1S/C30H31ClFN5O2/c1-39-27-14-20(10-12-34-27)16-36(24-5-3-13-35(19-24)23-4-2-11-33-15-23)17-21-18-37(22-6-7-22)29-25(30(21)38)8-9-26(31)28(29)32/h2,4,8-12,14-15,18,22,24H,3,5-7,13,16-17,19H2,1H3/t24-/m0/s1. The van der Waals surface area contributed by atoms with Gasteiger partial charge >= 0.3 is 0 Å². The second kappa shape index (κ2) is 10.9. The van der Waals surface area contributed by atoms with Crippen molar-refractivity contribution >= 4 is 28.2 Å².